The summed E-state index contributed by atoms with van der Waals surface area (Å²) in [6.07, 6.45) is 5.61. The maximum absolute atomic E-state index is 14.0. The van der Waals surface area contributed by atoms with Crippen LogP contribution >= 0.6 is 0 Å². The van der Waals surface area contributed by atoms with Crippen LogP contribution in [0.4, 0.5) is 10.5 Å². The molecule has 0 saturated carbocycles. The summed E-state index contributed by atoms with van der Waals surface area (Å²) in [5, 5.41) is 5.75. The molecule has 0 fully saturated rings. The van der Waals surface area contributed by atoms with E-state index in [0.717, 1.165) is 54.4 Å². The molecule has 2 aromatic carbocycles. The van der Waals surface area contributed by atoms with Crippen LogP contribution in [0.5, 0.6) is 0 Å². The predicted octanol–water partition coefficient (Wildman–Crippen LogP) is 7.39. The lowest BCUT2D eigenvalue weighted by Crippen LogP contribution is -2.51. The van der Waals surface area contributed by atoms with Gasteiger partial charge in [0.15, 0.2) is 0 Å². The SMILES string of the molecule is CCCCCCCCN(C(=O)C(C)NC(=O)OC(C)(C)C)C(C(=O)Nc1ccccc1C)c1ccc(C)cc1C. The summed E-state index contributed by atoms with van der Waals surface area (Å²) in [7, 11) is 0. The van der Waals surface area contributed by atoms with Crippen molar-refractivity contribution in [2.45, 2.75) is 112 Å². The number of aryl methyl sites for hydroxylation is 3. The Hall–Kier alpha value is -3.35. The molecule has 7 heteroatoms. The summed E-state index contributed by atoms with van der Waals surface area (Å²) >= 11 is 0. The molecule has 0 radical (unpaired) electrons. The van der Waals surface area contributed by atoms with Crippen molar-refractivity contribution >= 4 is 23.6 Å². The third kappa shape index (κ3) is 10.3. The first-order chi connectivity index (χ1) is 18.8. The van der Waals surface area contributed by atoms with Gasteiger partial charge in [0, 0.05) is 12.2 Å². The number of unbranched alkanes of at least 4 members (excludes halogenated alkanes) is 5. The molecule has 0 aromatic heterocycles. The molecule has 2 rings (SSSR count). The van der Waals surface area contributed by atoms with Crippen LogP contribution in [0.3, 0.4) is 0 Å². The van der Waals surface area contributed by atoms with Crippen molar-refractivity contribution in [3.63, 3.8) is 0 Å². The molecule has 2 aromatic rings. The van der Waals surface area contributed by atoms with E-state index in [-0.39, 0.29) is 11.8 Å². The first kappa shape index (κ1) is 32.9. The van der Waals surface area contributed by atoms with E-state index >= 15 is 0 Å². The molecule has 0 heterocycles. The van der Waals surface area contributed by atoms with Gasteiger partial charge in [-0.2, -0.15) is 0 Å². The fourth-order valence-electron chi connectivity index (χ4n) is 4.72. The van der Waals surface area contributed by atoms with Gasteiger partial charge < -0.3 is 20.3 Å². The highest BCUT2D eigenvalue weighted by Crippen LogP contribution is 2.29. The number of hydrogen-bond donors (Lipinski definition) is 2. The summed E-state index contributed by atoms with van der Waals surface area (Å²) < 4.78 is 5.39. The van der Waals surface area contributed by atoms with Crippen molar-refractivity contribution < 1.29 is 19.1 Å². The number of benzene rings is 2. The van der Waals surface area contributed by atoms with Crippen LogP contribution in [0.25, 0.3) is 0 Å². The fraction of sp³-hybridized carbons (Fsp3) is 0.545. The standard InChI is InChI=1S/C33H49N3O4/c1-9-10-11-12-13-16-21-36(31(38)26(5)34-32(39)40-33(6,7)8)29(27-20-19-23(2)22-25(27)4)30(37)35-28-18-15-14-17-24(28)3/h14-15,17-20,22,26,29H,9-13,16,21H2,1-8H3,(H,34,39)(H,35,37). The number of rotatable bonds is 13. The number of hydrogen-bond acceptors (Lipinski definition) is 4. The summed E-state index contributed by atoms with van der Waals surface area (Å²) in [6.45, 7) is 15.4. The van der Waals surface area contributed by atoms with Gasteiger partial charge in [0.1, 0.15) is 17.7 Å². The number of amides is 3. The van der Waals surface area contributed by atoms with E-state index in [1.807, 2.05) is 63.2 Å². The van der Waals surface area contributed by atoms with Gasteiger partial charge in [0.05, 0.1) is 0 Å². The average molecular weight is 552 g/mol. The first-order valence-electron chi connectivity index (χ1n) is 14.6. The van der Waals surface area contributed by atoms with Crippen LogP contribution in [0, 0.1) is 20.8 Å². The number of nitrogens with one attached hydrogen (secondary N) is 2. The van der Waals surface area contributed by atoms with Gasteiger partial charge in [-0.15, -0.1) is 0 Å². The number of alkyl carbamates (subject to hydrolysis) is 1. The van der Waals surface area contributed by atoms with Gasteiger partial charge in [0.25, 0.3) is 5.91 Å². The van der Waals surface area contributed by atoms with Gasteiger partial charge in [0.2, 0.25) is 5.91 Å². The van der Waals surface area contributed by atoms with E-state index in [0.29, 0.717) is 12.2 Å². The van der Waals surface area contributed by atoms with Gasteiger partial charge in [-0.1, -0.05) is 81.0 Å². The van der Waals surface area contributed by atoms with Crippen LogP contribution in [0.1, 0.15) is 101 Å². The molecule has 0 aliphatic carbocycles. The van der Waals surface area contributed by atoms with E-state index < -0.39 is 23.8 Å². The molecule has 7 nitrogen and oxygen atoms in total. The highest BCUT2D eigenvalue weighted by atomic mass is 16.6. The molecule has 2 atom stereocenters. The van der Waals surface area contributed by atoms with Crippen molar-refractivity contribution in [3.05, 3.63) is 64.7 Å². The number of carbonyl (C=O) groups is 3. The molecular formula is C33H49N3O4. The van der Waals surface area contributed by atoms with Crippen molar-refractivity contribution in [1.82, 2.24) is 10.2 Å². The van der Waals surface area contributed by atoms with Crippen LogP contribution in [0.15, 0.2) is 42.5 Å². The zero-order chi connectivity index (χ0) is 29.9. The molecule has 2 unspecified atom stereocenters. The lowest BCUT2D eigenvalue weighted by molar-refractivity contribution is -0.140. The van der Waals surface area contributed by atoms with Gasteiger partial charge in [-0.3, -0.25) is 9.59 Å². The number of carbonyl (C=O) groups excluding carboxylic acids is 3. The Balaban J connectivity index is 2.45. The number of para-hydroxylation sites is 1. The molecular weight excluding hydrogens is 502 g/mol. The molecule has 0 spiro atoms. The molecule has 3 amide bonds. The minimum Gasteiger partial charge on any atom is -0.444 e. The Morgan fingerprint density at radius 2 is 1.55 bits per heavy atom. The zero-order valence-electron chi connectivity index (χ0n) is 25.7. The van der Waals surface area contributed by atoms with E-state index in [1.54, 1.807) is 32.6 Å². The van der Waals surface area contributed by atoms with Crippen molar-refractivity contribution in [2.24, 2.45) is 0 Å². The Kier molecular flexibility index (Phi) is 12.7. The largest absolute Gasteiger partial charge is 0.444 e. The van der Waals surface area contributed by atoms with E-state index in [4.69, 9.17) is 4.74 Å². The molecule has 0 bridgehead atoms. The van der Waals surface area contributed by atoms with Crippen LogP contribution in [0.2, 0.25) is 0 Å². The topological polar surface area (TPSA) is 87.7 Å². The second-order valence-corrected chi connectivity index (χ2v) is 11.7. The zero-order valence-corrected chi connectivity index (χ0v) is 25.7. The first-order valence-corrected chi connectivity index (χ1v) is 14.6. The van der Waals surface area contributed by atoms with Crippen LogP contribution in [-0.2, 0) is 14.3 Å². The second kappa shape index (κ2) is 15.4. The summed E-state index contributed by atoms with van der Waals surface area (Å²) in [5.41, 5.74) is 3.71. The Labute approximate surface area is 241 Å². The van der Waals surface area contributed by atoms with Crippen molar-refractivity contribution in [3.8, 4) is 0 Å². The van der Waals surface area contributed by atoms with Gasteiger partial charge >= 0.3 is 6.09 Å². The number of ether oxygens (including phenoxy) is 1. The highest BCUT2D eigenvalue weighted by molar-refractivity contribution is 5.99. The maximum atomic E-state index is 14.0. The van der Waals surface area contributed by atoms with E-state index in [1.165, 1.54) is 6.42 Å². The van der Waals surface area contributed by atoms with E-state index in [9.17, 15) is 14.4 Å². The third-order valence-corrected chi connectivity index (χ3v) is 6.82. The molecule has 0 aliphatic heterocycles. The minimum absolute atomic E-state index is 0.287. The number of nitrogens with zero attached hydrogens (tertiary/aromatic N) is 1. The van der Waals surface area contributed by atoms with Crippen LogP contribution < -0.4 is 10.6 Å². The lowest BCUT2D eigenvalue weighted by atomic mass is 9.96. The highest BCUT2D eigenvalue weighted by Gasteiger charge is 2.35. The quantitative estimate of drug-likeness (QED) is 0.254. The number of anilines is 1. The molecule has 220 valence electrons. The van der Waals surface area contributed by atoms with E-state index in [2.05, 4.69) is 17.6 Å². The fourth-order valence-corrected chi connectivity index (χ4v) is 4.72. The Morgan fingerprint density at radius 1 is 0.900 bits per heavy atom. The molecule has 40 heavy (non-hydrogen) atoms. The van der Waals surface area contributed by atoms with Crippen molar-refractivity contribution in [2.75, 3.05) is 11.9 Å². The van der Waals surface area contributed by atoms with Gasteiger partial charge in [-0.05, 0) is 77.6 Å². The minimum atomic E-state index is -0.880. The van der Waals surface area contributed by atoms with Crippen molar-refractivity contribution in [1.29, 1.82) is 0 Å². The smallest absolute Gasteiger partial charge is 0.408 e. The monoisotopic (exact) mass is 551 g/mol. The average Bonchev–Trinajstić information content (AvgIpc) is 2.86. The van der Waals surface area contributed by atoms with Crippen LogP contribution in [-0.4, -0.2) is 41.0 Å². The molecule has 0 aliphatic rings. The summed E-state index contributed by atoms with van der Waals surface area (Å²) in [6, 6.07) is 11.8. The Bertz CT molecular complexity index is 1140. The summed E-state index contributed by atoms with van der Waals surface area (Å²) in [4.78, 5) is 42.2. The second-order valence-electron chi connectivity index (χ2n) is 11.7. The molecule has 2 N–H and O–H groups in total. The Morgan fingerprint density at radius 3 is 2.17 bits per heavy atom. The third-order valence-electron chi connectivity index (χ3n) is 6.82. The normalized spacial score (nSPS) is 12.8. The maximum Gasteiger partial charge on any atom is 0.408 e. The molecule has 0 saturated heterocycles. The summed E-state index contributed by atoms with van der Waals surface area (Å²) in [5.74, 6) is -0.616. The lowest BCUT2D eigenvalue weighted by Gasteiger charge is -2.34. The van der Waals surface area contributed by atoms with Gasteiger partial charge in [-0.25, -0.2) is 4.79 Å². The predicted molar refractivity (Wildman–Crippen MR) is 162 cm³/mol.